The molecule has 1 aliphatic rings. The lowest BCUT2D eigenvalue weighted by molar-refractivity contribution is -0.140. The molecule has 1 heterocycles. The van der Waals surface area contributed by atoms with E-state index in [0.717, 1.165) is 59.1 Å². The van der Waals surface area contributed by atoms with Crippen LogP contribution in [0, 0.1) is 0 Å². The van der Waals surface area contributed by atoms with Crippen molar-refractivity contribution in [2.45, 2.75) is 43.6 Å². The second-order valence-electron chi connectivity index (χ2n) is 9.39. The van der Waals surface area contributed by atoms with E-state index in [1.54, 1.807) is 0 Å². The Hall–Kier alpha value is -3.76. The van der Waals surface area contributed by atoms with Gasteiger partial charge in [0.1, 0.15) is 0 Å². The number of pyridine rings is 1. The molecule has 2 N–H and O–H groups in total. The van der Waals surface area contributed by atoms with Crippen LogP contribution in [-0.4, -0.2) is 21.2 Å². The van der Waals surface area contributed by atoms with Crippen LogP contribution in [0.1, 0.15) is 48.5 Å². The molecule has 1 fully saturated rings. The van der Waals surface area contributed by atoms with E-state index in [2.05, 4.69) is 29.2 Å². The van der Waals surface area contributed by atoms with E-state index in [1.165, 1.54) is 5.56 Å². The third kappa shape index (κ3) is 4.89. The van der Waals surface area contributed by atoms with Gasteiger partial charge in [0.15, 0.2) is 0 Å². The fourth-order valence-corrected chi connectivity index (χ4v) is 4.81. The quantitative estimate of drug-likeness (QED) is 0.294. The molecule has 0 spiro atoms. The van der Waals surface area contributed by atoms with E-state index in [-0.39, 0.29) is 0 Å². The van der Waals surface area contributed by atoms with Crippen molar-refractivity contribution in [3.63, 3.8) is 0 Å². The molecule has 3 aromatic carbocycles. The van der Waals surface area contributed by atoms with Crippen LogP contribution in [0.3, 0.4) is 0 Å². The molecular weight excluding hydrogens is 434 g/mol. The van der Waals surface area contributed by atoms with Gasteiger partial charge in [-0.2, -0.15) is 0 Å². The Balaban J connectivity index is 1.27. The van der Waals surface area contributed by atoms with Gasteiger partial charge in [-0.25, -0.2) is 0 Å². The first-order chi connectivity index (χ1) is 17.1. The summed E-state index contributed by atoms with van der Waals surface area (Å²) in [5.74, 6) is -0.725. The summed E-state index contributed by atoms with van der Waals surface area (Å²) in [5, 5.41) is 20.0. The molecule has 1 aromatic heterocycles. The zero-order valence-electron chi connectivity index (χ0n) is 19.6. The highest BCUT2D eigenvalue weighted by Gasteiger charge is 2.51. The van der Waals surface area contributed by atoms with Crippen molar-refractivity contribution in [3.8, 4) is 22.3 Å². The number of carboxylic acid groups (broad SMARTS) is 1. The van der Waals surface area contributed by atoms with Crippen molar-refractivity contribution in [2.24, 2.45) is 0 Å². The number of benzene rings is 3. The molecule has 0 radical (unpaired) electrons. The van der Waals surface area contributed by atoms with Gasteiger partial charge in [0.25, 0.3) is 0 Å². The van der Waals surface area contributed by atoms with Gasteiger partial charge in [-0.15, -0.1) is 0 Å². The number of carbonyl (C=O) groups is 1. The first-order valence-electron chi connectivity index (χ1n) is 12.2. The molecule has 0 amide bonds. The predicted molar refractivity (Wildman–Crippen MR) is 138 cm³/mol. The van der Waals surface area contributed by atoms with Gasteiger partial charge in [-0.3, -0.25) is 9.78 Å². The normalized spacial score (nSPS) is 14.9. The molecule has 1 aliphatic carbocycles. The smallest absolute Gasteiger partial charge is 0.314 e. The molecule has 176 valence electrons. The largest absolute Gasteiger partial charge is 0.481 e. The minimum Gasteiger partial charge on any atom is -0.481 e. The van der Waals surface area contributed by atoms with Crippen LogP contribution in [0.4, 0.5) is 0 Å². The van der Waals surface area contributed by atoms with Gasteiger partial charge in [0.05, 0.1) is 11.5 Å². The maximum atomic E-state index is 11.6. The van der Waals surface area contributed by atoms with Gasteiger partial charge < -0.3 is 10.2 Å². The van der Waals surface area contributed by atoms with Crippen LogP contribution >= 0.6 is 0 Å². The van der Waals surface area contributed by atoms with E-state index >= 15 is 0 Å². The van der Waals surface area contributed by atoms with Crippen LogP contribution in [0.5, 0.6) is 0 Å². The third-order valence-corrected chi connectivity index (χ3v) is 7.14. The third-order valence-electron chi connectivity index (χ3n) is 7.14. The number of carboxylic acids is 1. The molecule has 0 saturated heterocycles. The summed E-state index contributed by atoms with van der Waals surface area (Å²) in [6.07, 6.45) is 7.15. The molecule has 1 saturated carbocycles. The SMILES string of the molecule is O=C(O)C1(c2ccc(-c3ccc(-c4ccncc4CCCC(O)c4ccccc4)cc3)cc2)CC1. The summed E-state index contributed by atoms with van der Waals surface area (Å²) in [5.41, 5.74) is 6.82. The van der Waals surface area contributed by atoms with Gasteiger partial charge in [0, 0.05) is 12.4 Å². The molecule has 0 bridgehead atoms. The molecule has 1 unspecified atom stereocenters. The lowest BCUT2D eigenvalue weighted by Crippen LogP contribution is -2.19. The molecule has 4 nitrogen and oxygen atoms in total. The Labute approximate surface area is 205 Å². The minimum atomic E-state index is -0.725. The first kappa shape index (κ1) is 23.0. The van der Waals surface area contributed by atoms with Crippen LogP contribution < -0.4 is 0 Å². The molecular formula is C31H29NO3. The van der Waals surface area contributed by atoms with Crippen LogP contribution in [0.25, 0.3) is 22.3 Å². The van der Waals surface area contributed by atoms with Crippen molar-refractivity contribution in [1.29, 1.82) is 0 Å². The molecule has 1 atom stereocenters. The number of aromatic nitrogens is 1. The zero-order valence-corrected chi connectivity index (χ0v) is 19.6. The zero-order chi connectivity index (χ0) is 24.3. The van der Waals surface area contributed by atoms with E-state index in [9.17, 15) is 15.0 Å². The van der Waals surface area contributed by atoms with E-state index < -0.39 is 17.5 Å². The Morgan fingerprint density at radius 2 is 1.49 bits per heavy atom. The molecule has 5 rings (SSSR count). The van der Waals surface area contributed by atoms with Crippen LogP contribution in [0.2, 0.25) is 0 Å². The average Bonchev–Trinajstić information content (AvgIpc) is 3.72. The number of aliphatic carboxylic acids is 1. The lowest BCUT2D eigenvalue weighted by atomic mass is 9.92. The summed E-state index contributed by atoms with van der Waals surface area (Å²) in [6, 6.07) is 28.3. The van der Waals surface area contributed by atoms with Crippen molar-refractivity contribution in [1.82, 2.24) is 4.98 Å². The molecule has 35 heavy (non-hydrogen) atoms. The molecule has 4 aromatic rings. The van der Waals surface area contributed by atoms with Gasteiger partial charge in [-0.05, 0) is 77.1 Å². The first-order valence-corrected chi connectivity index (χ1v) is 12.2. The number of aliphatic hydroxyl groups excluding tert-OH is 1. The number of aliphatic hydroxyl groups is 1. The second kappa shape index (κ2) is 9.85. The van der Waals surface area contributed by atoms with Crippen LogP contribution in [-0.2, 0) is 16.6 Å². The summed E-state index contributed by atoms with van der Waals surface area (Å²) in [4.78, 5) is 15.9. The topological polar surface area (TPSA) is 70.4 Å². The summed E-state index contributed by atoms with van der Waals surface area (Å²) in [6.45, 7) is 0. The number of aryl methyl sites for hydroxylation is 1. The van der Waals surface area contributed by atoms with E-state index in [1.807, 2.05) is 73.1 Å². The Morgan fingerprint density at radius 1 is 0.857 bits per heavy atom. The van der Waals surface area contributed by atoms with E-state index in [4.69, 9.17) is 0 Å². The monoisotopic (exact) mass is 463 g/mol. The second-order valence-corrected chi connectivity index (χ2v) is 9.39. The summed E-state index contributed by atoms with van der Waals surface area (Å²) in [7, 11) is 0. The molecule has 0 aliphatic heterocycles. The maximum Gasteiger partial charge on any atom is 0.314 e. The Kier molecular flexibility index (Phi) is 6.47. The van der Waals surface area contributed by atoms with Crippen molar-refractivity contribution in [2.75, 3.05) is 0 Å². The Morgan fingerprint density at radius 3 is 2.11 bits per heavy atom. The summed E-state index contributed by atoms with van der Waals surface area (Å²) < 4.78 is 0. The predicted octanol–water partition coefficient (Wildman–Crippen LogP) is 6.59. The number of hydrogen-bond donors (Lipinski definition) is 2. The molecule has 4 heteroatoms. The highest BCUT2D eigenvalue weighted by Crippen LogP contribution is 2.48. The van der Waals surface area contributed by atoms with Gasteiger partial charge in [0.2, 0.25) is 0 Å². The lowest BCUT2D eigenvalue weighted by Gasteiger charge is -2.13. The van der Waals surface area contributed by atoms with Crippen LogP contribution in [0.15, 0.2) is 97.3 Å². The van der Waals surface area contributed by atoms with Gasteiger partial charge >= 0.3 is 5.97 Å². The van der Waals surface area contributed by atoms with Crippen molar-refractivity contribution in [3.05, 3.63) is 114 Å². The highest BCUT2D eigenvalue weighted by molar-refractivity contribution is 5.85. The number of nitrogens with zero attached hydrogens (tertiary/aromatic N) is 1. The standard InChI is InChI=1S/C31H29NO3/c33-29(25-5-2-1-3-6-25)8-4-7-26-21-32-20-17-28(26)24-11-9-22(10-12-24)23-13-15-27(16-14-23)31(18-19-31)30(34)35/h1-3,5-6,9-17,20-21,29,33H,4,7-8,18-19H2,(H,34,35). The average molecular weight is 464 g/mol. The highest BCUT2D eigenvalue weighted by atomic mass is 16.4. The summed E-state index contributed by atoms with van der Waals surface area (Å²) >= 11 is 0. The van der Waals surface area contributed by atoms with E-state index in [0.29, 0.717) is 6.42 Å². The number of rotatable bonds is 9. The van der Waals surface area contributed by atoms with Crippen molar-refractivity contribution < 1.29 is 15.0 Å². The van der Waals surface area contributed by atoms with Crippen molar-refractivity contribution >= 4 is 5.97 Å². The maximum absolute atomic E-state index is 11.6. The van der Waals surface area contributed by atoms with Gasteiger partial charge in [-0.1, -0.05) is 78.9 Å². The number of hydrogen-bond acceptors (Lipinski definition) is 3. The fourth-order valence-electron chi connectivity index (χ4n) is 4.81. The minimum absolute atomic E-state index is 0.452. The Bertz CT molecular complexity index is 1290. The fraction of sp³-hybridized carbons (Fsp3) is 0.226.